The van der Waals surface area contributed by atoms with E-state index in [9.17, 15) is 4.79 Å². The van der Waals surface area contributed by atoms with Crippen molar-refractivity contribution < 1.29 is 4.79 Å². The Morgan fingerprint density at radius 1 is 1.18 bits per heavy atom. The Balaban J connectivity index is 1.95. The van der Waals surface area contributed by atoms with Gasteiger partial charge in [0.1, 0.15) is 0 Å². The van der Waals surface area contributed by atoms with Crippen molar-refractivity contribution in [1.82, 2.24) is 15.1 Å². The van der Waals surface area contributed by atoms with E-state index in [-0.39, 0.29) is 18.0 Å². The standard InChI is InChI=1S/C18H29N3O/c1-4-8-17(16-9-6-5-7-10-16)19-18(22)15(2)21-13-11-20(3)12-14-21/h5-7,9-10,15,17H,4,8,11-14H2,1-3H3,(H,19,22). The quantitative estimate of drug-likeness (QED) is 0.876. The van der Waals surface area contributed by atoms with E-state index in [1.807, 2.05) is 25.1 Å². The van der Waals surface area contributed by atoms with Crippen LogP contribution in [-0.2, 0) is 4.79 Å². The summed E-state index contributed by atoms with van der Waals surface area (Å²) in [6.07, 6.45) is 2.04. The minimum atomic E-state index is -0.0585. The van der Waals surface area contributed by atoms with Gasteiger partial charge in [-0.05, 0) is 26.0 Å². The molecule has 0 aromatic heterocycles. The number of amides is 1. The molecule has 4 nitrogen and oxygen atoms in total. The van der Waals surface area contributed by atoms with Crippen LogP contribution in [0.4, 0.5) is 0 Å². The summed E-state index contributed by atoms with van der Waals surface area (Å²) < 4.78 is 0. The van der Waals surface area contributed by atoms with Gasteiger partial charge in [-0.1, -0.05) is 43.7 Å². The molecule has 2 atom stereocenters. The highest BCUT2D eigenvalue weighted by Crippen LogP contribution is 2.18. The minimum absolute atomic E-state index is 0.0585. The molecule has 1 aromatic carbocycles. The maximum atomic E-state index is 12.6. The molecular weight excluding hydrogens is 274 g/mol. The van der Waals surface area contributed by atoms with Crippen molar-refractivity contribution in [3.63, 3.8) is 0 Å². The van der Waals surface area contributed by atoms with E-state index in [0.717, 1.165) is 39.0 Å². The number of piperazine rings is 1. The van der Waals surface area contributed by atoms with Crippen LogP contribution in [0.15, 0.2) is 30.3 Å². The second kappa shape index (κ2) is 8.30. The van der Waals surface area contributed by atoms with Crippen LogP contribution in [0.3, 0.4) is 0 Å². The summed E-state index contributed by atoms with van der Waals surface area (Å²) in [7, 11) is 2.13. The maximum absolute atomic E-state index is 12.6. The molecule has 1 aliphatic rings. The largest absolute Gasteiger partial charge is 0.348 e. The molecule has 1 aromatic rings. The van der Waals surface area contributed by atoms with Crippen molar-refractivity contribution >= 4 is 5.91 Å². The number of carbonyl (C=O) groups excluding carboxylic acids is 1. The van der Waals surface area contributed by atoms with E-state index in [2.05, 4.69) is 41.2 Å². The zero-order valence-corrected chi connectivity index (χ0v) is 14.1. The van der Waals surface area contributed by atoms with Gasteiger partial charge in [-0.25, -0.2) is 0 Å². The van der Waals surface area contributed by atoms with E-state index in [4.69, 9.17) is 0 Å². The first-order valence-electron chi connectivity index (χ1n) is 8.39. The number of rotatable bonds is 6. The van der Waals surface area contributed by atoms with Gasteiger partial charge in [0.2, 0.25) is 5.91 Å². The molecular formula is C18H29N3O. The third-order valence-corrected chi connectivity index (χ3v) is 4.56. The second-order valence-electron chi connectivity index (χ2n) is 6.28. The summed E-state index contributed by atoms with van der Waals surface area (Å²) in [5.41, 5.74) is 1.20. The third-order valence-electron chi connectivity index (χ3n) is 4.56. The van der Waals surface area contributed by atoms with Gasteiger partial charge in [0.25, 0.3) is 0 Å². The fraction of sp³-hybridized carbons (Fsp3) is 0.611. The van der Waals surface area contributed by atoms with Gasteiger partial charge in [-0.3, -0.25) is 9.69 Å². The Morgan fingerprint density at radius 2 is 1.82 bits per heavy atom. The predicted molar refractivity (Wildman–Crippen MR) is 90.8 cm³/mol. The van der Waals surface area contributed by atoms with Crippen molar-refractivity contribution in [2.24, 2.45) is 0 Å². The van der Waals surface area contributed by atoms with Gasteiger partial charge >= 0.3 is 0 Å². The van der Waals surface area contributed by atoms with Crippen LogP contribution in [0.25, 0.3) is 0 Å². The van der Waals surface area contributed by atoms with Crippen molar-refractivity contribution in [1.29, 1.82) is 0 Å². The molecule has 2 rings (SSSR count). The van der Waals surface area contributed by atoms with Crippen molar-refractivity contribution in [2.45, 2.75) is 38.8 Å². The van der Waals surface area contributed by atoms with Crippen LogP contribution in [0.1, 0.15) is 38.3 Å². The van der Waals surface area contributed by atoms with Crippen molar-refractivity contribution in [3.8, 4) is 0 Å². The summed E-state index contributed by atoms with van der Waals surface area (Å²) in [6.45, 7) is 8.19. The first-order valence-corrected chi connectivity index (χ1v) is 8.39. The molecule has 1 aliphatic heterocycles. The van der Waals surface area contributed by atoms with Crippen LogP contribution in [0.2, 0.25) is 0 Å². The number of nitrogens with one attached hydrogen (secondary N) is 1. The molecule has 0 aliphatic carbocycles. The molecule has 1 amide bonds. The summed E-state index contributed by atoms with van der Waals surface area (Å²) >= 11 is 0. The number of benzene rings is 1. The minimum Gasteiger partial charge on any atom is -0.348 e. The zero-order chi connectivity index (χ0) is 15.9. The zero-order valence-electron chi connectivity index (χ0n) is 14.1. The summed E-state index contributed by atoms with van der Waals surface area (Å²) in [5.74, 6) is 0.145. The van der Waals surface area contributed by atoms with E-state index >= 15 is 0 Å². The Labute approximate surface area is 134 Å². The van der Waals surface area contributed by atoms with Gasteiger partial charge in [0.15, 0.2) is 0 Å². The van der Waals surface area contributed by atoms with E-state index in [0.29, 0.717) is 0 Å². The van der Waals surface area contributed by atoms with Crippen LogP contribution in [-0.4, -0.2) is 55.0 Å². The highest BCUT2D eigenvalue weighted by atomic mass is 16.2. The number of hydrogen-bond acceptors (Lipinski definition) is 3. The average Bonchev–Trinajstić information content (AvgIpc) is 2.55. The topological polar surface area (TPSA) is 35.6 Å². The first kappa shape index (κ1) is 17.0. The molecule has 4 heteroatoms. The number of hydrogen-bond donors (Lipinski definition) is 1. The van der Waals surface area contributed by atoms with Gasteiger partial charge in [0, 0.05) is 26.2 Å². The average molecular weight is 303 g/mol. The summed E-state index contributed by atoms with van der Waals surface area (Å²) in [4.78, 5) is 17.2. The SMILES string of the molecule is CCCC(NC(=O)C(C)N1CCN(C)CC1)c1ccccc1. The monoisotopic (exact) mass is 303 g/mol. The second-order valence-corrected chi connectivity index (χ2v) is 6.28. The fourth-order valence-electron chi connectivity index (χ4n) is 2.96. The Morgan fingerprint density at radius 3 is 2.41 bits per heavy atom. The van der Waals surface area contributed by atoms with Crippen LogP contribution < -0.4 is 5.32 Å². The van der Waals surface area contributed by atoms with Gasteiger partial charge in [-0.2, -0.15) is 0 Å². The van der Waals surface area contributed by atoms with Crippen LogP contribution >= 0.6 is 0 Å². The predicted octanol–water partition coefficient (Wildman–Crippen LogP) is 2.28. The van der Waals surface area contributed by atoms with E-state index in [1.54, 1.807) is 0 Å². The summed E-state index contributed by atoms with van der Waals surface area (Å²) in [6, 6.07) is 10.3. The highest BCUT2D eigenvalue weighted by molar-refractivity contribution is 5.81. The van der Waals surface area contributed by atoms with Crippen molar-refractivity contribution in [2.75, 3.05) is 33.2 Å². The number of likely N-dealkylation sites (N-methyl/N-ethyl adjacent to an activating group) is 1. The maximum Gasteiger partial charge on any atom is 0.237 e. The lowest BCUT2D eigenvalue weighted by molar-refractivity contribution is -0.127. The van der Waals surface area contributed by atoms with Crippen molar-refractivity contribution in [3.05, 3.63) is 35.9 Å². The van der Waals surface area contributed by atoms with Crippen LogP contribution in [0.5, 0.6) is 0 Å². The Kier molecular flexibility index (Phi) is 6.40. The van der Waals surface area contributed by atoms with E-state index < -0.39 is 0 Å². The fourth-order valence-corrected chi connectivity index (χ4v) is 2.96. The molecule has 1 heterocycles. The Bertz CT molecular complexity index is 455. The van der Waals surface area contributed by atoms with Gasteiger partial charge < -0.3 is 10.2 Å². The molecule has 1 saturated heterocycles. The van der Waals surface area contributed by atoms with Gasteiger partial charge in [0.05, 0.1) is 12.1 Å². The highest BCUT2D eigenvalue weighted by Gasteiger charge is 2.26. The molecule has 0 saturated carbocycles. The third kappa shape index (κ3) is 4.55. The normalized spacial score (nSPS) is 19.6. The molecule has 2 unspecified atom stereocenters. The summed E-state index contributed by atoms with van der Waals surface area (Å²) in [5, 5.41) is 3.25. The first-order chi connectivity index (χ1) is 10.6. The molecule has 1 fully saturated rings. The molecule has 22 heavy (non-hydrogen) atoms. The molecule has 0 radical (unpaired) electrons. The van der Waals surface area contributed by atoms with Gasteiger partial charge in [-0.15, -0.1) is 0 Å². The number of carbonyl (C=O) groups is 1. The smallest absolute Gasteiger partial charge is 0.237 e. The molecule has 0 spiro atoms. The van der Waals surface area contributed by atoms with Crippen LogP contribution in [0, 0.1) is 0 Å². The van der Waals surface area contributed by atoms with E-state index in [1.165, 1.54) is 5.56 Å². The Hall–Kier alpha value is -1.39. The molecule has 122 valence electrons. The lowest BCUT2D eigenvalue weighted by Gasteiger charge is -2.36. The molecule has 0 bridgehead atoms. The lowest BCUT2D eigenvalue weighted by atomic mass is 10.0. The number of nitrogens with zero attached hydrogens (tertiary/aromatic N) is 2. The molecule has 1 N–H and O–H groups in total. The lowest BCUT2D eigenvalue weighted by Crippen LogP contribution is -2.53.